The second-order valence-electron chi connectivity index (χ2n) is 5.37. The molecule has 0 saturated heterocycles. The second kappa shape index (κ2) is 9.49. The highest BCUT2D eigenvalue weighted by atomic mass is 35.5. The molecule has 2 aromatic carbocycles. The van der Waals surface area contributed by atoms with Crippen LogP contribution >= 0.6 is 23.4 Å². The number of amides is 1. The Morgan fingerprint density at radius 2 is 1.88 bits per heavy atom. The third-order valence-electron chi connectivity index (χ3n) is 3.37. The lowest BCUT2D eigenvalue weighted by molar-refractivity contribution is -0.115. The number of esters is 1. The Morgan fingerprint density at radius 1 is 1.16 bits per heavy atom. The van der Waals surface area contributed by atoms with E-state index >= 15 is 0 Å². The molecule has 0 radical (unpaired) electrons. The van der Waals surface area contributed by atoms with Crippen molar-refractivity contribution in [1.29, 1.82) is 0 Å². The summed E-state index contributed by atoms with van der Waals surface area (Å²) in [6, 6.07) is 12.9. The van der Waals surface area contributed by atoms with Gasteiger partial charge in [0.15, 0.2) is 0 Å². The first-order valence-electron chi connectivity index (χ1n) is 7.95. The lowest BCUT2D eigenvalue weighted by Gasteiger charge is -2.08. The van der Waals surface area contributed by atoms with Crippen molar-refractivity contribution in [3.05, 3.63) is 58.6 Å². The molecule has 0 aliphatic rings. The minimum atomic E-state index is -0.472. The Balaban J connectivity index is 1.84. The van der Waals surface area contributed by atoms with Crippen LogP contribution in [0.15, 0.2) is 47.4 Å². The maximum Gasteiger partial charge on any atom is 0.339 e. The third kappa shape index (κ3) is 6.11. The molecule has 0 aliphatic heterocycles. The summed E-state index contributed by atoms with van der Waals surface area (Å²) >= 11 is 7.72. The number of halogens is 1. The van der Waals surface area contributed by atoms with Crippen LogP contribution in [0, 0.1) is 6.92 Å². The van der Waals surface area contributed by atoms with E-state index in [-0.39, 0.29) is 23.1 Å². The van der Waals surface area contributed by atoms with Crippen LogP contribution in [-0.2, 0) is 9.53 Å². The van der Waals surface area contributed by atoms with E-state index in [0.29, 0.717) is 17.9 Å². The molecule has 0 aromatic heterocycles. The van der Waals surface area contributed by atoms with Gasteiger partial charge in [0.1, 0.15) is 0 Å². The van der Waals surface area contributed by atoms with Crippen molar-refractivity contribution in [2.24, 2.45) is 0 Å². The molecule has 25 heavy (non-hydrogen) atoms. The molecule has 0 aliphatic carbocycles. The van der Waals surface area contributed by atoms with Gasteiger partial charge in [0.05, 0.1) is 17.2 Å². The molecule has 0 saturated carbocycles. The van der Waals surface area contributed by atoms with Crippen molar-refractivity contribution in [1.82, 2.24) is 0 Å². The molecule has 1 amide bonds. The number of benzene rings is 2. The van der Waals surface area contributed by atoms with Crippen molar-refractivity contribution in [2.45, 2.75) is 25.2 Å². The highest BCUT2D eigenvalue weighted by Crippen LogP contribution is 2.23. The summed E-state index contributed by atoms with van der Waals surface area (Å²) in [6.45, 7) is 4.06. The first-order valence-corrected chi connectivity index (χ1v) is 9.32. The topological polar surface area (TPSA) is 55.4 Å². The van der Waals surface area contributed by atoms with Gasteiger partial charge in [0.2, 0.25) is 5.91 Å². The van der Waals surface area contributed by atoms with Crippen LogP contribution in [0.3, 0.4) is 0 Å². The summed E-state index contributed by atoms with van der Waals surface area (Å²) in [5, 5.41) is 3.04. The normalized spacial score (nSPS) is 10.4. The summed E-state index contributed by atoms with van der Waals surface area (Å²) < 4.78 is 4.92. The zero-order valence-electron chi connectivity index (χ0n) is 14.2. The van der Waals surface area contributed by atoms with E-state index < -0.39 is 5.97 Å². The van der Waals surface area contributed by atoms with Crippen molar-refractivity contribution < 1.29 is 14.3 Å². The number of rotatable bonds is 7. The van der Waals surface area contributed by atoms with Gasteiger partial charge in [0, 0.05) is 22.8 Å². The molecule has 0 atom stereocenters. The maximum absolute atomic E-state index is 12.0. The van der Waals surface area contributed by atoms with Gasteiger partial charge in [-0.15, -0.1) is 11.8 Å². The number of hydrogen-bond donors (Lipinski definition) is 1. The van der Waals surface area contributed by atoms with Gasteiger partial charge >= 0.3 is 5.97 Å². The van der Waals surface area contributed by atoms with Crippen molar-refractivity contribution in [3.8, 4) is 0 Å². The van der Waals surface area contributed by atoms with E-state index in [9.17, 15) is 9.59 Å². The van der Waals surface area contributed by atoms with Gasteiger partial charge in [-0.05, 0) is 44.2 Å². The SMILES string of the molecule is CCOC(=O)c1ccc(NC(=O)CCSc2ccc(C)cc2)cc1Cl. The summed E-state index contributed by atoms with van der Waals surface area (Å²) in [6.07, 6.45) is 0.385. The molecule has 0 heterocycles. The van der Waals surface area contributed by atoms with E-state index in [0.717, 1.165) is 4.90 Å². The number of anilines is 1. The average molecular weight is 378 g/mol. The highest BCUT2D eigenvalue weighted by Gasteiger charge is 2.12. The maximum atomic E-state index is 12.0. The highest BCUT2D eigenvalue weighted by molar-refractivity contribution is 7.99. The molecule has 0 bridgehead atoms. The summed E-state index contributed by atoms with van der Waals surface area (Å²) in [4.78, 5) is 24.9. The Kier molecular flexibility index (Phi) is 7.34. The summed E-state index contributed by atoms with van der Waals surface area (Å²) in [5.74, 6) is 0.114. The van der Waals surface area contributed by atoms with Crippen LogP contribution in [0.4, 0.5) is 5.69 Å². The zero-order chi connectivity index (χ0) is 18.2. The van der Waals surface area contributed by atoms with Crippen LogP contribution < -0.4 is 5.32 Å². The van der Waals surface area contributed by atoms with Gasteiger partial charge < -0.3 is 10.1 Å². The summed E-state index contributed by atoms with van der Waals surface area (Å²) in [7, 11) is 0. The predicted octanol–water partition coefficient (Wildman–Crippen LogP) is 4.95. The van der Waals surface area contributed by atoms with Crippen molar-refractivity contribution in [2.75, 3.05) is 17.7 Å². The molecule has 1 N–H and O–H groups in total. The third-order valence-corrected chi connectivity index (χ3v) is 4.69. The number of hydrogen-bond acceptors (Lipinski definition) is 4. The Morgan fingerprint density at radius 3 is 2.52 bits per heavy atom. The molecule has 2 aromatic rings. The van der Waals surface area contributed by atoms with Crippen LogP contribution in [0.1, 0.15) is 29.3 Å². The van der Waals surface area contributed by atoms with Crippen LogP contribution in [0.25, 0.3) is 0 Å². The van der Waals surface area contributed by atoms with Crippen molar-refractivity contribution in [3.63, 3.8) is 0 Å². The zero-order valence-corrected chi connectivity index (χ0v) is 15.7. The van der Waals surface area contributed by atoms with E-state index in [2.05, 4.69) is 17.4 Å². The minimum Gasteiger partial charge on any atom is -0.462 e. The molecular weight excluding hydrogens is 358 g/mol. The molecule has 0 spiro atoms. The molecule has 132 valence electrons. The monoisotopic (exact) mass is 377 g/mol. The van der Waals surface area contributed by atoms with E-state index in [1.54, 1.807) is 36.9 Å². The molecular formula is C19H20ClNO3S. The quantitative estimate of drug-likeness (QED) is 0.548. The van der Waals surface area contributed by atoms with Crippen LogP contribution in [0.2, 0.25) is 5.02 Å². The largest absolute Gasteiger partial charge is 0.462 e. The second-order valence-corrected chi connectivity index (χ2v) is 6.95. The molecule has 4 nitrogen and oxygen atoms in total. The van der Waals surface area contributed by atoms with E-state index in [1.807, 2.05) is 19.1 Å². The summed E-state index contributed by atoms with van der Waals surface area (Å²) in [5.41, 5.74) is 2.06. The number of ether oxygens (including phenoxy) is 1. The lowest BCUT2D eigenvalue weighted by Crippen LogP contribution is -2.12. The van der Waals surface area contributed by atoms with Crippen molar-refractivity contribution >= 4 is 40.9 Å². The van der Waals surface area contributed by atoms with Gasteiger partial charge in [-0.1, -0.05) is 29.3 Å². The molecule has 0 fully saturated rings. The predicted molar refractivity (Wildman–Crippen MR) is 103 cm³/mol. The number of carbonyl (C=O) groups excluding carboxylic acids is 2. The Bertz CT molecular complexity index is 747. The standard InChI is InChI=1S/C19H20ClNO3S/c1-3-24-19(23)16-9-6-14(12-17(16)20)21-18(22)10-11-25-15-7-4-13(2)5-8-15/h4-9,12H,3,10-11H2,1-2H3,(H,21,22). The fourth-order valence-corrected chi connectivity index (χ4v) is 3.20. The fraction of sp³-hybridized carbons (Fsp3) is 0.263. The smallest absolute Gasteiger partial charge is 0.339 e. The fourth-order valence-electron chi connectivity index (χ4n) is 2.09. The number of aryl methyl sites for hydroxylation is 1. The van der Waals surface area contributed by atoms with Gasteiger partial charge in [-0.25, -0.2) is 4.79 Å². The molecule has 0 unspecified atom stereocenters. The first kappa shape index (κ1) is 19.3. The number of nitrogens with one attached hydrogen (secondary N) is 1. The number of thioether (sulfide) groups is 1. The molecule has 6 heteroatoms. The minimum absolute atomic E-state index is 0.0976. The van der Waals surface area contributed by atoms with Gasteiger partial charge in [0.25, 0.3) is 0 Å². The average Bonchev–Trinajstić information content (AvgIpc) is 2.57. The first-order chi connectivity index (χ1) is 12.0. The number of carbonyl (C=O) groups is 2. The van der Waals surface area contributed by atoms with E-state index in [4.69, 9.17) is 16.3 Å². The van der Waals surface area contributed by atoms with Gasteiger partial charge in [-0.2, -0.15) is 0 Å². The molecule has 2 rings (SSSR count). The van der Waals surface area contributed by atoms with E-state index in [1.165, 1.54) is 5.56 Å². The van der Waals surface area contributed by atoms with Crippen LogP contribution in [-0.4, -0.2) is 24.2 Å². The van der Waals surface area contributed by atoms with Gasteiger partial charge in [-0.3, -0.25) is 4.79 Å². The Hall–Kier alpha value is -1.98. The lowest BCUT2D eigenvalue weighted by atomic mass is 10.2. The Labute approximate surface area is 156 Å². The van der Waals surface area contributed by atoms with Crippen LogP contribution in [0.5, 0.6) is 0 Å².